The molecule has 1 N–H and O–H groups in total. The lowest BCUT2D eigenvalue weighted by Crippen LogP contribution is -2.28. The van der Waals surface area contributed by atoms with Crippen LogP contribution in [0.1, 0.15) is 40.3 Å². The van der Waals surface area contributed by atoms with Crippen LogP contribution in [0.15, 0.2) is 42.5 Å². The molecule has 2 heteroatoms. The molecule has 0 spiro atoms. The van der Waals surface area contributed by atoms with Gasteiger partial charge in [-0.1, -0.05) is 42.5 Å². The summed E-state index contributed by atoms with van der Waals surface area (Å²) >= 11 is 0. The summed E-state index contributed by atoms with van der Waals surface area (Å²) in [6.07, 6.45) is 2.53. The monoisotopic (exact) mass is 279 g/mol. The fourth-order valence-electron chi connectivity index (χ4n) is 3.05. The summed E-state index contributed by atoms with van der Waals surface area (Å²) in [6, 6.07) is 14.8. The van der Waals surface area contributed by atoms with Gasteiger partial charge in [0.05, 0.1) is 12.5 Å². The Bertz CT molecular complexity index is 675. The molecule has 3 rings (SSSR count). The van der Waals surface area contributed by atoms with Gasteiger partial charge in [-0.3, -0.25) is 4.79 Å². The fourth-order valence-corrected chi connectivity index (χ4v) is 3.05. The molecule has 0 fully saturated rings. The molecule has 1 aliphatic rings. The molecule has 0 saturated carbocycles. The lowest BCUT2D eigenvalue weighted by atomic mass is 10.0. The molecule has 2 aromatic carbocycles. The Morgan fingerprint density at radius 3 is 2.76 bits per heavy atom. The number of fused-ring (bicyclic) bond motifs is 1. The molecule has 0 heterocycles. The van der Waals surface area contributed by atoms with Gasteiger partial charge < -0.3 is 5.32 Å². The number of rotatable bonds is 3. The van der Waals surface area contributed by atoms with Gasteiger partial charge in [0.25, 0.3) is 0 Å². The number of nitrogens with one attached hydrogen (secondary N) is 1. The van der Waals surface area contributed by atoms with E-state index in [-0.39, 0.29) is 11.9 Å². The Balaban J connectivity index is 1.66. The highest BCUT2D eigenvalue weighted by atomic mass is 16.1. The molecule has 2 nitrogen and oxygen atoms in total. The van der Waals surface area contributed by atoms with Crippen LogP contribution in [-0.2, 0) is 17.6 Å². The predicted octanol–water partition coefficient (Wildman–Crippen LogP) is 3.65. The Morgan fingerprint density at radius 1 is 1.14 bits per heavy atom. The summed E-state index contributed by atoms with van der Waals surface area (Å²) in [4.78, 5) is 12.3. The molecule has 0 bridgehead atoms. The van der Waals surface area contributed by atoms with Crippen molar-refractivity contribution in [2.45, 2.75) is 39.2 Å². The minimum absolute atomic E-state index is 0.111. The zero-order valence-corrected chi connectivity index (χ0v) is 12.6. The third-order valence-corrected chi connectivity index (χ3v) is 4.40. The predicted molar refractivity (Wildman–Crippen MR) is 85.3 cm³/mol. The van der Waals surface area contributed by atoms with Crippen molar-refractivity contribution in [3.63, 3.8) is 0 Å². The summed E-state index contributed by atoms with van der Waals surface area (Å²) < 4.78 is 0. The number of hydrogen-bond donors (Lipinski definition) is 1. The van der Waals surface area contributed by atoms with Crippen LogP contribution < -0.4 is 5.32 Å². The van der Waals surface area contributed by atoms with Crippen LogP contribution >= 0.6 is 0 Å². The molecule has 1 amide bonds. The molecule has 21 heavy (non-hydrogen) atoms. The smallest absolute Gasteiger partial charge is 0.224 e. The Labute approximate surface area is 126 Å². The van der Waals surface area contributed by atoms with Crippen molar-refractivity contribution in [3.05, 3.63) is 70.3 Å². The van der Waals surface area contributed by atoms with Gasteiger partial charge in [0.2, 0.25) is 5.91 Å². The molecule has 0 saturated heterocycles. The first-order valence-corrected chi connectivity index (χ1v) is 7.57. The van der Waals surface area contributed by atoms with Crippen LogP contribution in [0.2, 0.25) is 0 Å². The van der Waals surface area contributed by atoms with Crippen molar-refractivity contribution >= 4 is 5.91 Å². The Hall–Kier alpha value is -2.09. The highest BCUT2D eigenvalue weighted by Crippen LogP contribution is 2.30. The van der Waals surface area contributed by atoms with Crippen LogP contribution in [0.3, 0.4) is 0 Å². The summed E-state index contributed by atoms with van der Waals surface area (Å²) in [5.41, 5.74) is 6.25. The van der Waals surface area contributed by atoms with Gasteiger partial charge in [-0.2, -0.15) is 0 Å². The van der Waals surface area contributed by atoms with E-state index in [2.05, 4.69) is 49.5 Å². The average molecular weight is 279 g/mol. The quantitative estimate of drug-likeness (QED) is 0.913. The van der Waals surface area contributed by atoms with Crippen LogP contribution in [0.5, 0.6) is 0 Å². The molecule has 0 radical (unpaired) electrons. The van der Waals surface area contributed by atoms with Gasteiger partial charge >= 0.3 is 0 Å². The van der Waals surface area contributed by atoms with E-state index in [9.17, 15) is 4.79 Å². The van der Waals surface area contributed by atoms with Gasteiger partial charge in [0.1, 0.15) is 0 Å². The first kappa shape index (κ1) is 13.9. The van der Waals surface area contributed by atoms with E-state index in [1.807, 2.05) is 12.1 Å². The largest absolute Gasteiger partial charge is 0.349 e. The summed E-state index contributed by atoms with van der Waals surface area (Å²) in [5, 5.41) is 3.18. The summed E-state index contributed by atoms with van der Waals surface area (Å²) in [6.45, 7) is 4.18. The van der Waals surface area contributed by atoms with E-state index in [1.165, 1.54) is 22.3 Å². The molecule has 108 valence electrons. The maximum atomic E-state index is 12.3. The van der Waals surface area contributed by atoms with E-state index in [0.717, 1.165) is 18.4 Å². The summed E-state index contributed by atoms with van der Waals surface area (Å²) in [5.74, 6) is 0.111. The van der Waals surface area contributed by atoms with Gasteiger partial charge in [0, 0.05) is 0 Å². The maximum absolute atomic E-state index is 12.3. The molecular formula is C19H21NO. The highest BCUT2D eigenvalue weighted by molar-refractivity contribution is 5.79. The maximum Gasteiger partial charge on any atom is 0.224 e. The lowest BCUT2D eigenvalue weighted by Gasteiger charge is -2.14. The van der Waals surface area contributed by atoms with Crippen molar-refractivity contribution in [1.29, 1.82) is 0 Å². The average Bonchev–Trinajstić information content (AvgIpc) is 2.86. The second-order valence-electron chi connectivity index (χ2n) is 5.95. The normalized spacial score (nSPS) is 16.6. The van der Waals surface area contributed by atoms with Crippen LogP contribution in [0.4, 0.5) is 0 Å². The van der Waals surface area contributed by atoms with Crippen molar-refractivity contribution in [3.8, 4) is 0 Å². The summed E-state index contributed by atoms with van der Waals surface area (Å²) in [7, 11) is 0. The molecule has 2 aromatic rings. The third-order valence-electron chi connectivity index (χ3n) is 4.40. The van der Waals surface area contributed by atoms with Crippen molar-refractivity contribution in [1.82, 2.24) is 5.32 Å². The minimum atomic E-state index is 0.111. The number of hydrogen-bond acceptors (Lipinski definition) is 1. The standard InChI is InChI=1S/C19H21NO/c1-13-7-8-15(11-14(13)2)12-19(21)20-18-10-9-16-5-3-4-6-17(16)18/h3-8,11,18H,9-10,12H2,1-2H3,(H,20,21). The molecular weight excluding hydrogens is 258 g/mol. The third kappa shape index (κ3) is 2.99. The molecule has 1 unspecified atom stereocenters. The van der Waals surface area contributed by atoms with Crippen molar-refractivity contribution in [2.75, 3.05) is 0 Å². The van der Waals surface area contributed by atoms with E-state index < -0.39 is 0 Å². The van der Waals surface area contributed by atoms with Gasteiger partial charge in [-0.25, -0.2) is 0 Å². The topological polar surface area (TPSA) is 29.1 Å². The van der Waals surface area contributed by atoms with Crippen LogP contribution in [0.25, 0.3) is 0 Å². The van der Waals surface area contributed by atoms with Crippen LogP contribution in [0, 0.1) is 13.8 Å². The molecule has 1 aliphatic carbocycles. The fraction of sp³-hybridized carbons (Fsp3) is 0.316. The van der Waals surface area contributed by atoms with Gasteiger partial charge in [-0.05, 0) is 54.5 Å². The zero-order valence-electron chi connectivity index (χ0n) is 12.6. The van der Waals surface area contributed by atoms with E-state index in [0.29, 0.717) is 6.42 Å². The van der Waals surface area contributed by atoms with Crippen LogP contribution in [-0.4, -0.2) is 5.91 Å². The Kier molecular flexibility index (Phi) is 3.78. The SMILES string of the molecule is Cc1ccc(CC(=O)NC2CCc3ccccc32)cc1C. The minimum Gasteiger partial charge on any atom is -0.349 e. The van der Waals surface area contributed by atoms with E-state index in [4.69, 9.17) is 0 Å². The number of carbonyl (C=O) groups is 1. The van der Waals surface area contributed by atoms with Crippen molar-refractivity contribution in [2.24, 2.45) is 0 Å². The Morgan fingerprint density at radius 2 is 1.95 bits per heavy atom. The lowest BCUT2D eigenvalue weighted by molar-refractivity contribution is -0.121. The number of carbonyl (C=O) groups excluding carboxylic acids is 1. The highest BCUT2D eigenvalue weighted by Gasteiger charge is 2.23. The first-order valence-electron chi connectivity index (χ1n) is 7.57. The molecule has 0 aromatic heterocycles. The first-order chi connectivity index (χ1) is 10.1. The second-order valence-corrected chi connectivity index (χ2v) is 5.95. The number of aryl methyl sites for hydroxylation is 3. The second kappa shape index (κ2) is 5.72. The molecule has 0 aliphatic heterocycles. The van der Waals surface area contributed by atoms with E-state index in [1.54, 1.807) is 0 Å². The number of benzene rings is 2. The molecule has 1 atom stereocenters. The van der Waals surface area contributed by atoms with Gasteiger partial charge in [-0.15, -0.1) is 0 Å². The van der Waals surface area contributed by atoms with Gasteiger partial charge in [0.15, 0.2) is 0 Å². The zero-order chi connectivity index (χ0) is 14.8. The van der Waals surface area contributed by atoms with Crippen molar-refractivity contribution < 1.29 is 4.79 Å². The van der Waals surface area contributed by atoms with E-state index >= 15 is 0 Å². The number of amides is 1.